The minimum absolute atomic E-state index is 0.723. The summed E-state index contributed by atoms with van der Waals surface area (Å²) < 4.78 is 10.8. The summed E-state index contributed by atoms with van der Waals surface area (Å²) in [6, 6.07) is 18.6. The fourth-order valence-corrected chi connectivity index (χ4v) is 4.53. The standard InChI is InChI=1S/C25H27N3O2S/c1-4-19-16-20-24(26-13-12-18-10-11-21(29-2)22(14-18)30-3)27-23(28-25(20)31-19)15-17-8-6-5-7-9-17/h5-11,14,16H,4,12-13,15H2,1-3H3,(H,26,27,28). The van der Waals surface area contributed by atoms with Gasteiger partial charge in [0, 0.05) is 17.8 Å². The predicted molar refractivity (Wildman–Crippen MR) is 128 cm³/mol. The van der Waals surface area contributed by atoms with Crippen LogP contribution in [0.1, 0.15) is 28.8 Å². The number of fused-ring (bicyclic) bond motifs is 1. The first-order chi connectivity index (χ1) is 15.2. The van der Waals surface area contributed by atoms with E-state index in [4.69, 9.17) is 19.4 Å². The van der Waals surface area contributed by atoms with Crippen LogP contribution in [0.3, 0.4) is 0 Å². The van der Waals surface area contributed by atoms with E-state index in [0.717, 1.165) is 59.2 Å². The van der Waals surface area contributed by atoms with Gasteiger partial charge in [-0.3, -0.25) is 0 Å². The predicted octanol–water partition coefficient (Wildman–Crippen LogP) is 5.52. The number of anilines is 1. The van der Waals surface area contributed by atoms with Crippen molar-refractivity contribution >= 4 is 27.4 Å². The molecule has 0 radical (unpaired) electrons. The Kier molecular flexibility index (Phi) is 6.67. The minimum Gasteiger partial charge on any atom is -0.493 e. The molecule has 160 valence electrons. The Balaban J connectivity index is 1.55. The van der Waals surface area contributed by atoms with E-state index in [1.807, 2.05) is 18.2 Å². The topological polar surface area (TPSA) is 56.3 Å². The van der Waals surface area contributed by atoms with E-state index in [9.17, 15) is 0 Å². The number of methoxy groups -OCH3 is 2. The molecule has 0 atom stereocenters. The number of aryl methyl sites for hydroxylation is 1. The molecule has 0 spiro atoms. The molecular formula is C25H27N3O2S. The maximum atomic E-state index is 5.42. The van der Waals surface area contributed by atoms with Gasteiger partial charge in [-0.05, 0) is 42.2 Å². The van der Waals surface area contributed by atoms with Crippen molar-refractivity contribution in [2.45, 2.75) is 26.2 Å². The molecule has 0 aliphatic rings. The van der Waals surface area contributed by atoms with Crippen LogP contribution in [-0.4, -0.2) is 30.7 Å². The van der Waals surface area contributed by atoms with Crippen LogP contribution < -0.4 is 14.8 Å². The average molecular weight is 434 g/mol. The lowest BCUT2D eigenvalue weighted by atomic mass is 10.1. The van der Waals surface area contributed by atoms with E-state index in [-0.39, 0.29) is 0 Å². The molecule has 0 amide bonds. The van der Waals surface area contributed by atoms with Crippen LogP contribution in [0.25, 0.3) is 10.2 Å². The van der Waals surface area contributed by atoms with Crippen molar-refractivity contribution in [1.29, 1.82) is 0 Å². The van der Waals surface area contributed by atoms with E-state index < -0.39 is 0 Å². The molecule has 0 fully saturated rings. The summed E-state index contributed by atoms with van der Waals surface area (Å²) in [7, 11) is 3.31. The first-order valence-corrected chi connectivity index (χ1v) is 11.3. The van der Waals surface area contributed by atoms with Crippen LogP contribution in [-0.2, 0) is 19.3 Å². The Morgan fingerprint density at radius 1 is 0.903 bits per heavy atom. The quantitative estimate of drug-likeness (QED) is 0.377. The second-order valence-corrected chi connectivity index (χ2v) is 8.42. The summed E-state index contributed by atoms with van der Waals surface area (Å²) in [6.07, 6.45) is 2.57. The van der Waals surface area contributed by atoms with Crippen molar-refractivity contribution in [2.24, 2.45) is 0 Å². The van der Waals surface area contributed by atoms with E-state index in [2.05, 4.69) is 48.6 Å². The third-order valence-corrected chi connectivity index (χ3v) is 6.37. The van der Waals surface area contributed by atoms with Crippen molar-refractivity contribution in [3.05, 3.63) is 76.4 Å². The van der Waals surface area contributed by atoms with E-state index in [1.54, 1.807) is 25.6 Å². The molecule has 2 aromatic carbocycles. The molecule has 6 heteroatoms. The van der Waals surface area contributed by atoms with Crippen molar-refractivity contribution in [1.82, 2.24) is 9.97 Å². The monoisotopic (exact) mass is 433 g/mol. The first kappa shape index (κ1) is 21.1. The molecule has 5 nitrogen and oxygen atoms in total. The minimum atomic E-state index is 0.723. The largest absolute Gasteiger partial charge is 0.493 e. The van der Waals surface area contributed by atoms with Gasteiger partial charge in [-0.2, -0.15) is 0 Å². The van der Waals surface area contributed by atoms with Crippen molar-refractivity contribution in [3.8, 4) is 11.5 Å². The summed E-state index contributed by atoms with van der Waals surface area (Å²) in [5, 5.41) is 4.65. The molecule has 4 aromatic rings. The first-order valence-electron chi connectivity index (χ1n) is 10.5. The number of nitrogens with one attached hydrogen (secondary N) is 1. The van der Waals surface area contributed by atoms with E-state index in [0.29, 0.717) is 0 Å². The third kappa shape index (κ3) is 4.97. The SMILES string of the molecule is CCc1cc2c(NCCc3ccc(OC)c(OC)c3)nc(Cc3ccccc3)nc2s1. The molecule has 31 heavy (non-hydrogen) atoms. The van der Waals surface area contributed by atoms with Gasteiger partial charge in [0.2, 0.25) is 0 Å². The van der Waals surface area contributed by atoms with Crippen molar-refractivity contribution < 1.29 is 9.47 Å². The smallest absolute Gasteiger partial charge is 0.160 e. The zero-order chi connectivity index (χ0) is 21.6. The second kappa shape index (κ2) is 9.79. The van der Waals surface area contributed by atoms with E-state index in [1.165, 1.54) is 16.0 Å². The summed E-state index contributed by atoms with van der Waals surface area (Å²) in [5.74, 6) is 3.25. The number of hydrogen-bond donors (Lipinski definition) is 1. The number of rotatable bonds is 9. The molecule has 0 aliphatic heterocycles. The third-order valence-electron chi connectivity index (χ3n) is 5.20. The molecule has 0 saturated carbocycles. The molecule has 0 unspecified atom stereocenters. The van der Waals surface area contributed by atoms with Crippen LogP contribution in [0.2, 0.25) is 0 Å². The zero-order valence-corrected chi connectivity index (χ0v) is 19.0. The molecule has 2 aromatic heterocycles. The van der Waals surface area contributed by atoms with Crippen LogP contribution in [0.5, 0.6) is 11.5 Å². The van der Waals surface area contributed by atoms with Crippen LogP contribution in [0.15, 0.2) is 54.6 Å². The Labute approximate surface area is 187 Å². The van der Waals surface area contributed by atoms with Gasteiger partial charge in [0.25, 0.3) is 0 Å². The average Bonchev–Trinajstić information content (AvgIpc) is 3.23. The van der Waals surface area contributed by atoms with Gasteiger partial charge in [0.15, 0.2) is 11.5 Å². The number of benzene rings is 2. The molecule has 2 heterocycles. The van der Waals surface area contributed by atoms with Gasteiger partial charge in [-0.25, -0.2) is 9.97 Å². The molecule has 0 saturated heterocycles. The number of thiophene rings is 1. The summed E-state index contributed by atoms with van der Waals surface area (Å²) in [6.45, 7) is 2.94. The number of nitrogens with zero attached hydrogens (tertiary/aromatic N) is 2. The highest BCUT2D eigenvalue weighted by atomic mass is 32.1. The Hall–Kier alpha value is -3.12. The molecular weight excluding hydrogens is 406 g/mol. The number of aromatic nitrogens is 2. The lowest BCUT2D eigenvalue weighted by Crippen LogP contribution is -2.09. The van der Waals surface area contributed by atoms with Crippen LogP contribution in [0, 0.1) is 0 Å². The summed E-state index contributed by atoms with van der Waals surface area (Å²) in [4.78, 5) is 12.1. The lowest BCUT2D eigenvalue weighted by Gasteiger charge is -2.11. The molecule has 0 bridgehead atoms. The van der Waals surface area contributed by atoms with E-state index >= 15 is 0 Å². The Bertz CT molecular complexity index is 1160. The zero-order valence-electron chi connectivity index (χ0n) is 18.1. The highest BCUT2D eigenvalue weighted by Gasteiger charge is 2.12. The van der Waals surface area contributed by atoms with Gasteiger partial charge in [0.05, 0.1) is 19.6 Å². The number of hydrogen-bond acceptors (Lipinski definition) is 6. The highest BCUT2D eigenvalue weighted by Crippen LogP contribution is 2.30. The summed E-state index contributed by atoms with van der Waals surface area (Å²) in [5.41, 5.74) is 2.39. The molecule has 4 rings (SSSR count). The van der Waals surface area contributed by atoms with Crippen LogP contribution in [0.4, 0.5) is 5.82 Å². The Morgan fingerprint density at radius 2 is 1.71 bits per heavy atom. The summed E-state index contributed by atoms with van der Waals surface area (Å²) >= 11 is 1.75. The maximum Gasteiger partial charge on any atom is 0.160 e. The van der Waals surface area contributed by atoms with Crippen molar-refractivity contribution in [2.75, 3.05) is 26.1 Å². The molecule has 1 N–H and O–H groups in total. The fraction of sp³-hybridized carbons (Fsp3) is 0.280. The number of ether oxygens (including phenoxy) is 2. The Morgan fingerprint density at radius 3 is 2.45 bits per heavy atom. The van der Waals surface area contributed by atoms with Gasteiger partial charge in [-0.15, -0.1) is 11.3 Å². The van der Waals surface area contributed by atoms with Gasteiger partial charge < -0.3 is 14.8 Å². The normalized spacial score (nSPS) is 10.9. The van der Waals surface area contributed by atoms with Crippen LogP contribution >= 0.6 is 11.3 Å². The fourth-order valence-electron chi connectivity index (χ4n) is 3.54. The maximum absolute atomic E-state index is 5.42. The second-order valence-electron chi connectivity index (χ2n) is 7.30. The molecule has 0 aliphatic carbocycles. The van der Waals surface area contributed by atoms with Gasteiger partial charge in [-0.1, -0.05) is 43.3 Å². The van der Waals surface area contributed by atoms with Gasteiger partial charge in [0.1, 0.15) is 16.5 Å². The van der Waals surface area contributed by atoms with Gasteiger partial charge >= 0.3 is 0 Å². The lowest BCUT2D eigenvalue weighted by molar-refractivity contribution is 0.354. The highest BCUT2D eigenvalue weighted by molar-refractivity contribution is 7.18. The van der Waals surface area contributed by atoms with Crippen molar-refractivity contribution in [3.63, 3.8) is 0 Å².